The van der Waals surface area contributed by atoms with Crippen LogP contribution in [-0.2, 0) is 17.5 Å². The number of nitrogens with zero attached hydrogens (tertiary/aromatic N) is 2. The molecule has 2 heterocycles. The Balaban J connectivity index is 1.72. The molecule has 1 spiro atoms. The lowest BCUT2D eigenvalue weighted by molar-refractivity contribution is 0.145. The van der Waals surface area contributed by atoms with Gasteiger partial charge in [0, 0.05) is 12.7 Å². The molecule has 1 aliphatic heterocycles. The predicted molar refractivity (Wildman–Crippen MR) is 89.6 cm³/mol. The van der Waals surface area contributed by atoms with Crippen LogP contribution in [0, 0.1) is 13.8 Å². The van der Waals surface area contributed by atoms with Crippen molar-refractivity contribution >= 4 is 11.0 Å². The molecule has 1 unspecified atom stereocenters. The van der Waals surface area contributed by atoms with E-state index in [2.05, 4.69) is 24.0 Å². The number of pyridine rings is 1. The van der Waals surface area contributed by atoms with Crippen LogP contribution in [0.1, 0.15) is 29.5 Å². The van der Waals surface area contributed by atoms with Crippen molar-refractivity contribution in [2.24, 2.45) is 0 Å². The molecular weight excluding hydrogens is 308 g/mol. The van der Waals surface area contributed by atoms with E-state index in [0.717, 1.165) is 18.4 Å². The maximum Gasteiger partial charge on any atom is 0.231 e. The Bertz CT molecular complexity index is 786. The number of hydrogen-bond acceptors (Lipinski definition) is 3. The maximum atomic E-state index is 13.1. The van der Waals surface area contributed by atoms with Gasteiger partial charge in [-0.05, 0) is 49.4 Å². The normalized spacial score (nSPS) is 22.3. The highest BCUT2D eigenvalue weighted by Crippen LogP contribution is 2.45. The van der Waals surface area contributed by atoms with Crippen LogP contribution in [0.4, 0.5) is 0 Å². The van der Waals surface area contributed by atoms with E-state index in [4.69, 9.17) is 4.74 Å². The van der Waals surface area contributed by atoms with Crippen LogP contribution in [0.25, 0.3) is 0 Å². The van der Waals surface area contributed by atoms with Gasteiger partial charge in [0.1, 0.15) is 21.5 Å². The summed E-state index contributed by atoms with van der Waals surface area (Å²) in [4.78, 5) is 5.08. The van der Waals surface area contributed by atoms with Crippen molar-refractivity contribution in [2.45, 2.75) is 43.7 Å². The molecule has 2 aliphatic rings. The number of aryl methyl sites for hydroxylation is 2. The third kappa shape index (κ3) is 2.79. The molecule has 23 heavy (non-hydrogen) atoms. The molecule has 1 aromatic carbocycles. The fourth-order valence-electron chi connectivity index (χ4n) is 2.98. The first-order valence-corrected chi connectivity index (χ1v) is 9.04. The summed E-state index contributed by atoms with van der Waals surface area (Å²) < 4.78 is 21.3. The molecule has 4 nitrogen and oxygen atoms in total. The number of rotatable bonds is 2. The Morgan fingerprint density at radius 2 is 2.09 bits per heavy atom. The summed E-state index contributed by atoms with van der Waals surface area (Å²) in [6.45, 7) is 5.41. The average Bonchev–Trinajstić information content (AvgIpc) is 3.30. The third-order valence-corrected chi connectivity index (χ3v) is 5.97. The van der Waals surface area contributed by atoms with Crippen LogP contribution in [-0.4, -0.2) is 25.6 Å². The largest absolute Gasteiger partial charge is 0.469 e. The Labute approximate surface area is 139 Å². The maximum absolute atomic E-state index is 13.1. The van der Waals surface area contributed by atoms with Gasteiger partial charge in [0.2, 0.25) is 5.88 Å². The molecular formula is C18H20N2O2S. The molecule has 1 fully saturated rings. The standard InChI is InChI=1S/C18H20N2O2S/c1-13-9-16-17(19-10-13)22-18(7-8-18)12-20(23(16)21)11-15-6-4-3-5-14(15)2/h3-6,9-10H,7-8,11-12H2,1-2H3. The van der Waals surface area contributed by atoms with Gasteiger partial charge in [-0.15, -0.1) is 0 Å². The molecule has 5 heteroatoms. The predicted octanol–water partition coefficient (Wildman–Crippen LogP) is 3.15. The Morgan fingerprint density at radius 3 is 2.83 bits per heavy atom. The number of hydrogen-bond donors (Lipinski definition) is 0. The van der Waals surface area contributed by atoms with Crippen molar-refractivity contribution in [3.63, 3.8) is 0 Å². The van der Waals surface area contributed by atoms with Gasteiger partial charge in [-0.25, -0.2) is 13.5 Å². The minimum atomic E-state index is -1.25. The lowest BCUT2D eigenvalue weighted by atomic mass is 10.1. The van der Waals surface area contributed by atoms with Crippen molar-refractivity contribution in [3.8, 4) is 5.88 Å². The average molecular weight is 328 g/mol. The van der Waals surface area contributed by atoms with Gasteiger partial charge in [-0.2, -0.15) is 0 Å². The van der Waals surface area contributed by atoms with Crippen molar-refractivity contribution in [1.29, 1.82) is 0 Å². The monoisotopic (exact) mass is 328 g/mol. The van der Waals surface area contributed by atoms with E-state index >= 15 is 0 Å². The first kappa shape index (κ1) is 14.8. The topological polar surface area (TPSA) is 42.4 Å². The van der Waals surface area contributed by atoms with Crippen LogP contribution >= 0.6 is 0 Å². The van der Waals surface area contributed by atoms with Crippen LogP contribution in [0.3, 0.4) is 0 Å². The van der Waals surface area contributed by atoms with Crippen LogP contribution in [0.5, 0.6) is 5.88 Å². The highest BCUT2D eigenvalue weighted by molar-refractivity contribution is 7.82. The van der Waals surface area contributed by atoms with Gasteiger partial charge >= 0.3 is 0 Å². The van der Waals surface area contributed by atoms with Crippen LogP contribution in [0.2, 0.25) is 0 Å². The Morgan fingerprint density at radius 1 is 1.30 bits per heavy atom. The molecule has 0 N–H and O–H groups in total. The lowest BCUT2D eigenvalue weighted by Gasteiger charge is -2.22. The summed E-state index contributed by atoms with van der Waals surface area (Å²) in [5.41, 5.74) is 3.23. The van der Waals surface area contributed by atoms with E-state index in [1.165, 1.54) is 11.1 Å². The third-order valence-electron chi connectivity index (χ3n) is 4.57. The smallest absolute Gasteiger partial charge is 0.231 e. The van der Waals surface area contributed by atoms with Crippen molar-refractivity contribution in [3.05, 3.63) is 53.2 Å². The second-order valence-corrected chi connectivity index (χ2v) is 8.03. The first-order valence-electron chi connectivity index (χ1n) is 7.93. The van der Waals surface area contributed by atoms with Gasteiger partial charge in [0.05, 0.1) is 6.54 Å². The van der Waals surface area contributed by atoms with Crippen molar-refractivity contribution in [2.75, 3.05) is 6.54 Å². The van der Waals surface area contributed by atoms with Gasteiger partial charge in [0.25, 0.3) is 0 Å². The van der Waals surface area contributed by atoms with E-state index in [0.29, 0.717) is 23.9 Å². The molecule has 2 aromatic rings. The summed E-state index contributed by atoms with van der Waals surface area (Å²) in [6.07, 6.45) is 3.79. The summed E-state index contributed by atoms with van der Waals surface area (Å²) in [7, 11) is -1.25. The number of ether oxygens (including phenoxy) is 1. The second-order valence-electron chi connectivity index (χ2n) is 6.57. The fraction of sp³-hybridized carbons (Fsp3) is 0.389. The quantitative estimate of drug-likeness (QED) is 0.850. The van der Waals surface area contributed by atoms with Gasteiger partial charge < -0.3 is 4.74 Å². The van der Waals surface area contributed by atoms with E-state index in [-0.39, 0.29) is 5.60 Å². The van der Waals surface area contributed by atoms with Crippen molar-refractivity contribution < 1.29 is 8.95 Å². The molecule has 0 saturated heterocycles. The van der Waals surface area contributed by atoms with E-state index in [1.54, 1.807) is 6.20 Å². The molecule has 1 aliphatic carbocycles. The number of benzene rings is 1. The number of fused-ring (bicyclic) bond motifs is 1. The van der Waals surface area contributed by atoms with Crippen LogP contribution in [0.15, 0.2) is 41.4 Å². The van der Waals surface area contributed by atoms with E-state index < -0.39 is 11.0 Å². The lowest BCUT2D eigenvalue weighted by Crippen LogP contribution is -2.35. The van der Waals surface area contributed by atoms with Gasteiger partial charge in [-0.3, -0.25) is 0 Å². The zero-order chi connectivity index (χ0) is 16.0. The molecule has 1 atom stereocenters. The molecule has 0 radical (unpaired) electrons. The van der Waals surface area contributed by atoms with Gasteiger partial charge in [0.15, 0.2) is 0 Å². The fourth-order valence-corrected chi connectivity index (χ4v) is 4.40. The molecule has 1 aromatic heterocycles. The highest BCUT2D eigenvalue weighted by Gasteiger charge is 2.50. The van der Waals surface area contributed by atoms with E-state index in [9.17, 15) is 4.21 Å². The Kier molecular flexibility index (Phi) is 3.50. The molecule has 0 bridgehead atoms. The van der Waals surface area contributed by atoms with Crippen LogP contribution < -0.4 is 4.74 Å². The summed E-state index contributed by atoms with van der Waals surface area (Å²) in [5.74, 6) is 0.540. The Hall–Kier alpha value is -1.72. The zero-order valence-electron chi connectivity index (χ0n) is 13.4. The van der Waals surface area contributed by atoms with Crippen molar-refractivity contribution in [1.82, 2.24) is 9.29 Å². The molecule has 1 saturated carbocycles. The minimum Gasteiger partial charge on any atom is -0.469 e. The molecule has 4 rings (SSSR count). The van der Waals surface area contributed by atoms with Gasteiger partial charge in [-0.1, -0.05) is 24.3 Å². The minimum absolute atomic E-state index is 0.203. The summed E-state index contributed by atoms with van der Waals surface area (Å²) >= 11 is 0. The zero-order valence-corrected chi connectivity index (χ0v) is 14.2. The molecule has 0 amide bonds. The SMILES string of the molecule is Cc1cnc2c(c1)S(=O)N(Cc1ccccc1C)CC1(CC1)O2. The first-order chi connectivity index (χ1) is 11.1. The second kappa shape index (κ2) is 5.42. The summed E-state index contributed by atoms with van der Waals surface area (Å²) in [5, 5.41) is 0. The van der Waals surface area contributed by atoms with E-state index in [1.807, 2.05) is 29.4 Å². The summed E-state index contributed by atoms with van der Waals surface area (Å²) in [6, 6.07) is 10.2. The number of aromatic nitrogens is 1. The highest BCUT2D eigenvalue weighted by atomic mass is 32.2. The molecule has 120 valence electrons.